The van der Waals surface area contributed by atoms with Crippen LogP contribution in [-0.2, 0) is 0 Å². The van der Waals surface area contributed by atoms with Crippen LogP contribution < -0.4 is 5.32 Å². The lowest BCUT2D eigenvalue weighted by atomic mass is 10.0. The summed E-state index contributed by atoms with van der Waals surface area (Å²) in [7, 11) is 4.29. The van der Waals surface area contributed by atoms with Crippen molar-refractivity contribution in [2.75, 3.05) is 46.8 Å². The van der Waals surface area contributed by atoms with Crippen molar-refractivity contribution in [2.24, 2.45) is 0 Å². The molecule has 0 saturated carbocycles. The first-order chi connectivity index (χ1) is 10.2. The van der Waals surface area contributed by atoms with E-state index in [-0.39, 0.29) is 0 Å². The Morgan fingerprint density at radius 2 is 1.95 bits per heavy atom. The molecule has 1 atom stereocenters. The monoisotopic (exact) mass is 353 g/mol. The molecule has 0 bridgehead atoms. The average molecular weight is 354 g/mol. The van der Waals surface area contributed by atoms with Gasteiger partial charge in [-0.15, -0.1) is 0 Å². The van der Waals surface area contributed by atoms with Crippen molar-refractivity contribution in [3.8, 4) is 0 Å². The highest BCUT2D eigenvalue weighted by atomic mass is 79.9. The highest BCUT2D eigenvalue weighted by Crippen LogP contribution is 2.25. The first kappa shape index (κ1) is 16.9. The summed E-state index contributed by atoms with van der Waals surface area (Å²) in [5.41, 5.74) is 1.35. The molecule has 1 fully saturated rings. The summed E-state index contributed by atoms with van der Waals surface area (Å²) in [6.45, 7) is 6.11. The number of likely N-dealkylation sites (N-methyl/N-ethyl adjacent to an activating group) is 1. The van der Waals surface area contributed by atoms with Crippen molar-refractivity contribution in [1.29, 1.82) is 0 Å². The Kier molecular flexibility index (Phi) is 7.17. The van der Waals surface area contributed by atoms with Gasteiger partial charge < -0.3 is 15.1 Å². The molecule has 21 heavy (non-hydrogen) atoms. The molecule has 1 aliphatic rings. The van der Waals surface area contributed by atoms with Gasteiger partial charge in [-0.3, -0.25) is 0 Å². The molecule has 0 amide bonds. The first-order valence-electron chi connectivity index (χ1n) is 8.03. The van der Waals surface area contributed by atoms with Gasteiger partial charge in [-0.05, 0) is 64.6 Å². The van der Waals surface area contributed by atoms with Gasteiger partial charge in [0.05, 0.1) is 0 Å². The van der Waals surface area contributed by atoms with Crippen LogP contribution in [-0.4, -0.2) is 56.6 Å². The van der Waals surface area contributed by atoms with Crippen LogP contribution in [0, 0.1) is 0 Å². The SMILES string of the molecule is CNC(CCN(C)CCN1CCCC1)c1ccccc1Br. The Morgan fingerprint density at radius 3 is 2.62 bits per heavy atom. The maximum Gasteiger partial charge on any atom is 0.0340 e. The molecule has 2 rings (SSSR count). The Labute approximate surface area is 137 Å². The number of nitrogens with one attached hydrogen (secondary N) is 1. The van der Waals surface area contributed by atoms with E-state index in [4.69, 9.17) is 0 Å². The highest BCUT2D eigenvalue weighted by molar-refractivity contribution is 9.10. The Balaban J connectivity index is 1.75. The fourth-order valence-electron chi connectivity index (χ4n) is 2.99. The van der Waals surface area contributed by atoms with Crippen molar-refractivity contribution in [3.63, 3.8) is 0 Å². The molecule has 4 heteroatoms. The molecule has 1 saturated heterocycles. The lowest BCUT2D eigenvalue weighted by Gasteiger charge is -2.24. The van der Waals surface area contributed by atoms with E-state index in [1.807, 2.05) is 7.05 Å². The van der Waals surface area contributed by atoms with Crippen LogP contribution in [0.5, 0.6) is 0 Å². The van der Waals surface area contributed by atoms with Crippen molar-refractivity contribution in [3.05, 3.63) is 34.3 Å². The van der Waals surface area contributed by atoms with E-state index in [2.05, 4.69) is 62.4 Å². The number of hydrogen-bond acceptors (Lipinski definition) is 3. The van der Waals surface area contributed by atoms with Crippen LogP contribution in [0.2, 0.25) is 0 Å². The fraction of sp³-hybridized carbons (Fsp3) is 0.647. The molecule has 0 radical (unpaired) electrons. The molecule has 0 aromatic heterocycles. The number of rotatable bonds is 8. The number of benzene rings is 1. The molecule has 1 aromatic rings. The maximum atomic E-state index is 3.66. The molecule has 118 valence electrons. The standard InChI is InChI=1S/C17H28BrN3/c1-19-17(15-7-3-4-8-16(15)18)9-12-20(2)13-14-21-10-5-6-11-21/h3-4,7-8,17,19H,5-6,9-14H2,1-2H3. The molecule has 1 aromatic carbocycles. The lowest BCUT2D eigenvalue weighted by Crippen LogP contribution is -2.33. The molecule has 3 nitrogen and oxygen atoms in total. The van der Waals surface area contributed by atoms with E-state index >= 15 is 0 Å². The van der Waals surface area contributed by atoms with Gasteiger partial charge in [-0.25, -0.2) is 0 Å². The summed E-state index contributed by atoms with van der Waals surface area (Å²) in [6.07, 6.45) is 3.90. The molecular weight excluding hydrogens is 326 g/mol. The molecule has 0 spiro atoms. The molecule has 0 aliphatic carbocycles. The van der Waals surface area contributed by atoms with Crippen LogP contribution in [0.25, 0.3) is 0 Å². The number of halogens is 1. The van der Waals surface area contributed by atoms with Crippen molar-refractivity contribution in [1.82, 2.24) is 15.1 Å². The van der Waals surface area contributed by atoms with Gasteiger partial charge in [0.1, 0.15) is 0 Å². The van der Waals surface area contributed by atoms with Crippen molar-refractivity contribution < 1.29 is 0 Å². The second kappa shape index (κ2) is 8.89. The van der Waals surface area contributed by atoms with Crippen LogP contribution in [0.3, 0.4) is 0 Å². The van der Waals surface area contributed by atoms with Gasteiger partial charge in [0.25, 0.3) is 0 Å². The van der Waals surface area contributed by atoms with E-state index in [1.54, 1.807) is 0 Å². The average Bonchev–Trinajstić information content (AvgIpc) is 3.01. The van der Waals surface area contributed by atoms with Crippen molar-refractivity contribution >= 4 is 15.9 Å². The largest absolute Gasteiger partial charge is 0.313 e. The maximum absolute atomic E-state index is 3.66. The fourth-order valence-corrected chi connectivity index (χ4v) is 3.55. The zero-order valence-electron chi connectivity index (χ0n) is 13.3. The van der Waals surface area contributed by atoms with E-state index in [1.165, 1.54) is 49.1 Å². The topological polar surface area (TPSA) is 18.5 Å². The van der Waals surface area contributed by atoms with E-state index in [0.29, 0.717) is 6.04 Å². The summed E-state index contributed by atoms with van der Waals surface area (Å²) in [6, 6.07) is 8.92. The normalized spacial score (nSPS) is 17.5. The third-order valence-corrected chi connectivity index (χ3v) is 5.15. The van der Waals surface area contributed by atoms with Gasteiger partial charge in [0.2, 0.25) is 0 Å². The Morgan fingerprint density at radius 1 is 1.24 bits per heavy atom. The zero-order valence-corrected chi connectivity index (χ0v) is 14.9. The quantitative estimate of drug-likeness (QED) is 0.774. The highest BCUT2D eigenvalue weighted by Gasteiger charge is 2.14. The predicted octanol–water partition coefficient (Wildman–Crippen LogP) is 3.13. The van der Waals surface area contributed by atoms with Gasteiger partial charge in [-0.2, -0.15) is 0 Å². The number of nitrogens with zero attached hydrogens (tertiary/aromatic N) is 2. The summed E-state index contributed by atoms with van der Waals surface area (Å²) in [5.74, 6) is 0. The summed E-state index contributed by atoms with van der Waals surface area (Å²) in [4.78, 5) is 5.04. The summed E-state index contributed by atoms with van der Waals surface area (Å²) in [5, 5.41) is 3.44. The van der Waals surface area contributed by atoms with Crippen LogP contribution >= 0.6 is 15.9 Å². The Hall–Kier alpha value is -0.420. The van der Waals surface area contributed by atoms with Crippen LogP contribution in [0.4, 0.5) is 0 Å². The smallest absolute Gasteiger partial charge is 0.0340 e. The third kappa shape index (κ3) is 5.37. The number of hydrogen-bond donors (Lipinski definition) is 1. The third-order valence-electron chi connectivity index (χ3n) is 4.43. The minimum absolute atomic E-state index is 0.412. The van der Waals surface area contributed by atoms with E-state index < -0.39 is 0 Å². The Bertz CT molecular complexity index is 418. The van der Waals surface area contributed by atoms with E-state index in [9.17, 15) is 0 Å². The molecule has 1 N–H and O–H groups in total. The van der Waals surface area contributed by atoms with Gasteiger partial charge in [0.15, 0.2) is 0 Å². The first-order valence-corrected chi connectivity index (χ1v) is 8.82. The summed E-state index contributed by atoms with van der Waals surface area (Å²) >= 11 is 3.66. The van der Waals surface area contributed by atoms with E-state index in [0.717, 1.165) is 13.0 Å². The van der Waals surface area contributed by atoms with Crippen LogP contribution in [0.1, 0.15) is 30.9 Å². The second-order valence-corrected chi connectivity index (χ2v) is 6.86. The van der Waals surface area contributed by atoms with Gasteiger partial charge in [-0.1, -0.05) is 34.1 Å². The molecule has 1 unspecified atom stereocenters. The van der Waals surface area contributed by atoms with Gasteiger partial charge >= 0.3 is 0 Å². The zero-order chi connectivity index (χ0) is 15.1. The summed E-state index contributed by atoms with van der Waals surface area (Å²) < 4.78 is 1.20. The number of likely N-dealkylation sites (tertiary alicyclic amines) is 1. The predicted molar refractivity (Wildman–Crippen MR) is 93.7 cm³/mol. The van der Waals surface area contributed by atoms with Gasteiger partial charge in [0, 0.05) is 23.6 Å². The lowest BCUT2D eigenvalue weighted by molar-refractivity contribution is 0.249. The molecule has 1 heterocycles. The molecule has 1 aliphatic heterocycles. The van der Waals surface area contributed by atoms with Crippen LogP contribution in [0.15, 0.2) is 28.7 Å². The molecular formula is C17H28BrN3. The minimum atomic E-state index is 0.412. The second-order valence-electron chi connectivity index (χ2n) is 6.00. The van der Waals surface area contributed by atoms with Crippen molar-refractivity contribution in [2.45, 2.75) is 25.3 Å². The minimum Gasteiger partial charge on any atom is -0.313 e.